The zero-order valence-electron chi connectivity index (χ0n) is 35.8. The topological polar surface area (TPSA) is 223 Å². The molecule has 10 N–H and O–H groups in total. The zero-order chi connectivity index (χ0) is 43.1. The maximum atomic E-state index is 15.6. The summed E-state index contributed by atoms with van der Waals surface area (Å²) < 4.78 is 0. The molecule has 1 heterocycles. The fourth-order valence-corrected chi connectivity index (χ4v) is 9.86. The second-order valence-corrected chi connectivity index (χ2v) is 17.7. The van der Waals surface area contributed by atoms with Gasteiger partial charge < -0.3 is 43.2 Å². The van der Waals surface area contributed by atoms with Crippen molar-refractivity contribution in [1.82, 2.24) is 20.9 Å². The minimum atomic E-state index is -2.00. The van der Waals surface area contributed by atoms with Crippen molar-refractivity contribution < 1.29 is 29.1 Å². The maximum absolute atomic E-state index is 15.6. The van der Waals surface area contributed by atoms with Crippen LogP contribution in [0.2, 0.25) is 0 Å². The largest absolute Gasteiger partial charge is 0.508 e. The molecule has 13 heteroatoms. The van der Waals surface area contributed by atoms with Gasteiger partial charge in [0.15, 0.2) is 11.6 Å². The Kier molecular flexibility index (Phi) is 18.1. The van der Waals surface area contributed by atoms with Crippen molar-refractivity contribution in [2.45, 2.75) is 151 Å². The van der Waals surface area contributed by atoms with E-state index in [0.29, 0.717) is 57.4 Å². The first-order chi connectivity index (χ1) is 29.0. The number of phenols is 1. The van der Waals surface area contributed by atoms with Gasteiger partial charge in [0.1, 0.15) is 17.2 Å². The second-order valence-electron chi connectivity index (χ2n) is 17.7. The molecule has 6 atom stereocenters. The number of likely N-dealkylation sites (tertiary alicyclic amines) is 1. The Balaban J connectivity index is 1.48. The highest BCUT2D eigenvalue weighted by molar-refractivity contribution is 6.17. The lowest BCUT2D eigenvalue weighted by molar-refractivity contribution is -0.146. The molecule has 330 valence electrons. The van der Waals surface area contributed by atoms with E-state index in [-0.39, 0.29) is 36.1 Å². The summed E-state index contributed by atoms with van der Waals surface area (Å²) in [6.07, 6.45) is 14.1. The first-order valence-electron chi connectivity index (χ1n) is 22.7. The van der Waals surface area contributed by atoms with Gasteiger partial charge in [-0.15, -0.1) is 0 Å². The Bertz CT molecular complexity index is 1700. The number of nitrogens with zero attached hydrogens (tertiary/aromatic N) is 1. The van der Waals surface area contributed by atoms with Crippen LogP contribution in [-0.2, 0) is 35.8 Å². The third-order valence-corrected chi connectivity index (χ3v) is 13.4. The molecule has 2 aliphatic carbocycles. The fraction of sp³-hybridized carbons (Fsp3) is 0.638. The van der Waals surface area contributed by atoms with Crippen LogP contribution in [0.5, 0.6) is 5.75 Å². The van der Waals surface area contributed by atoms with Crippen LogP contribution < -0.4 is 33.2 Å². The van der Waals surface area contributed by atoms with Crippen LogP contribution in [0.4, 0.5) is 0 Å². The molecule has 2 aromatic rings. The van der Waals surface area contributed by atoms with Crippen LogP contribution in [0.3, 0.4) is 0 Å². The first-order valence-corrected chi connectivity index (χ1v) is 22.7. The lowest BCUT2D eigenvalue weighted by Crippen LogP contribution is -2.63. The highest BCUT2D eigenvalue weighted by atomic mass is 16.3. The van der Waals surface area contributed by atoms with E-state index in [1.807, 2.05) is 30.3 Å². The first kappa shape index (κ1) is 46.9. The molecule has 1 unspecified atom stereocenters. The number of Topliss-reactive ketones (excluding diaryl/α,β-unsaturated/α-hetero) is 2. The van der Waals surface area contributed by atoms with Gasteiger partial charge in [-0.25, -0.2) is 0 Å². The van der Waals surface area contributed by atoms with E-state index < -0.39 is 65.5 Å². The summed E-state index contributed by atoms with van der Waals surface area (Å²) in [5.74, 6) is -1.81. The molecule has 1 saturated heterocycles. The van der Waals surface area contributed by atoms with Crippen LogP contribution in [0, 0.1) is 11.8 Å². The molecule has 60 heavy (non-hydrogen) atoms. The van der Waals surface area contributed by atoms with Gasteiger partial charge in [-0.05, 0) is 100 Å². The Labute approximate surface area is 356 Å². The number of nitrogens with one attached hydrogen (secondary N) is 3. The van der Waals surface area contributed by atoms with E-state index in [1.165, 1.54) is 35.6 Å². The van der Waals surface area contributed by atoms with E-state index >= 15 is 9.59 Å². The number of hydrogen-bond donors (Lipinski definition) is 7. The van der Waals surface area contributed by atoms with Crippen molar-refractivity contribution in [1.29, 1.82) is 0 Å². The number of rotatable bonds is 22. The summed E-state index contributed by atoms with van der Waals surface area (Å²) in [5.41, 5.74) is 18.4. The van der Waals surface area contributed by atoms with Crippen molar-refractivity contribution in [3.63, 3.8) is 0 Å². The average Bonchev–Trinajstić information content (AvgIpc) is 3.76. The van der Waals surface area contributed by atoms with Gasteiger partial charge in [-0.2, -0.15) is 0 Å². The number of unbranched alkanes of at least 4 members (excludes halogenated alkanes) is 1. The minimum Gasteiger partial charge on any atom is -0.508 e. The van der Waals surface area contributed by atoms with Gasteiger partial charge in [0.25, 0.3) is 0 Å². The van der Waals surface area contributed by atoms with Crippen LogP contribution in [0.25, 0.3) is 0 Å². The van der Waals surface area contributed by atoms with Crippen molar-refractivity contribution in [3.8, 4) is 5.75 Å². The monoisotopic (exact) mass is 830 g/mol. The number of benzene rings is 2. The standard InChI is InChI=1S/C47H71N7O6/c1-51-40(30-34-18-9-4-10-19-34)45(59)53-39(20-11-12-26-48)46(60)54-27-13-21-41(54)43(57)47(35-22-24-36(55)25-23-35,42(56)37(49)28-32-14-5-2-6-15-32)31-52-44(58)38(50)29-33-16-7-3-8-17-33/h4,9-10,18-19,22-25,32-33,37-41,51,55H,2-3,5-8,11-17,20-21,26-31,48-50H2,1H3,(H,52,58)(H,53,59)/t37-,38+,39+,40+,41+,47?/m1/s1. The normalized spacial score (nSPS) is 20.7. The quantitative estimate of drug-likeness (QED) is 0.0670. The number of ketones is 2. The van der Waals surface area contributed by atoms with E-state index in [4.69, 9.17) is 17.2 Å². The van der Waals surface area contributed by atoms with E-state index in [9.17, 15) is 19.5 Å². The molecular weight excluding hydrogens is 759 g/mol. The third kappa shape index (κ3) is 12.2. The number of hydrogen-bond acceptors (Lipinski definition) is 10. The van der Waals surface area contributed by atoms with Gasteiger partial charge in [0, 0.05) is 13.1 Å². The molecule has 2 saturated carbocycles. The summed E-state index contributed by atoms with van der Waals surface area (Å²) in [7, 11) is 1.70. The lowest BCUT2D eigenvalue weighted by Gasteiger charge is -2.39. The van der Waals surface area contributed by atoms with Crippen LogP contribution >= 0.6 is 0 Å². The molecule has 0 aromatic heterocycles. The molecule has 3 aliphatic rings. The van der Waals surface area contributed by atoms with Crippen molar-refractivity contribution >= 4 is 29.3 Å². The smallest absolute Gasteiger partial charge is 0.245 e. The predicted octanol–water partition coefficient (Wildman–Crippen LogP) is 3.92. The zero-order valence-corrected chi connectivity index (χ0v) is 35.8. The highest BCUT2D eigenvalue weighted by Crippen LogP contribution is 2.37. The molecule has 3 fully saturated rings. The summed E-state index contributed by atoms with van der Waals surface area (Å²) in [5, 5.41) is 19.4. The molecule has 1 aliphatic heterocycles. The molecule has 0 spiro atoms. The van der Waals surface area contributed by atoms with Crippen LogP contribution in [0.1, 0.15) is 120 Å². The maximum Gasteiger partial charge on any atom is 0.245 e. The Morgan fingerprint density at radius 1 is 0.767 bits per heavy atom. The number of amides is 3. The minimum absolute atomic E-state index is 0.0570. The SMILES string of the molecule is CN[C@@H](Cc1ccccc1)C(=O)N[C@@H](CCCCN)C(=O)N1CCC[C@H]1C(=O)C(CNC(=O)[C@@H](N)CC1CCCCC1)(C(=O)[C@H](N)CC1CCCCC1)c1ccc(O)cc1. The van der Waals surface area contributed by atoms with Crippen molar-refractivity contribution in [2.24, 2.45) is 29.0 Å². The number of carbonyl (C=O) groups is 5. The lowest BCUT2D eigenvalue weighted by atomic mass is 9.67. The van der Waals surface area contributed by atoms with Crippen LogP contribution in [-0.4, -0.2) is 96.2 Å². The highest BCUT2D eigenvalue weighted by Gasteiger charge is 2.54. The summed E-state index contributed by atoms with van der Waals surface area (Å²) in [4.78, 5) is 74.8. The van der Waals surface area contributed by atoms with Crippen molar-refractivity contribution in [3.05, 3.63) is 65.7 Å². The second kappa shape index (κ2) is 23.2. The molecule has 2 aromatic carbocycles. The van der Waals surface area contributed by atoms with Crippen molar-refractivity contribution in [2.75, 3.05) is 26.7 Å². The molecular formula is C47H71N7O6. The summed E-state index contributed by atoms with van der Waals surface area (Å²) >= 11 is 0. The number of likely N-dealkylation sites (N-methyl/N-ethyl adjacent to an activating group) is 1. The third-order valence-electron chi connectivity index (χ3n) is 13.4. The number of carbonyl (C=O) groups excluding carboxylic acids is 5. The van der Waals surface area contributed by atoms with Gasteiger partial charge in [-0.3, -0.25) is 24.0 Å². The predicted molar refractivity (Wildman–Crippen MR) is 234 cm³/mol. The fourth-order valence-electron chi connectivity index (χ4n) is 9.86. The molecule has 5 rings (SSSR count). The van der Waals surface area contributed by atoms with Gasteiger partial charge in [-0.1, -0.05) is 107 Å². The van der Waals surface area contributed by atoms with E-state index in [0.717, 1.165) is 63.4 Å². The molecule has 3 amide bonds. The Morgan fingerprint density at radius 2 is 1.38 bits per heavy atom. The molecule has 0 bridgehead atoms. The Morgan fingerprint density at radius 3 is 1.98 bits per heavy atom. The summed E-state index contributed by atoms with van der Waals surface area (Å²) in [6.45, 7) is 0.259. The van der Waals surface area contributed by atoms with Gasteiger partial charge in [0.05, 0.1) is 24.2 Å². The van der Waals surface area contributed by atoms with E-state index in [2.05, 4.69) is 16.0 Å². The number of aromatic hydroxyl groups is 1. The number of phenolic OH excluding ortho intramolecular Hbond substituents is 1. The van der Waals surface area contributed by atoms with E-state index in [1.54, 1.807) is 7.05 Å². The van der Waals surface area contributed by atoms with Gasteiger partial charge >= 0.3 is 0 Å². The average molecular weight is 830 g/mol. The molecule has 13 nitrogen and oxygen atoms in total. The molecule has 0 radical (unpaired) electrons. The number of nitrogens with two attached hydrogens (primary N) is 3. The Hall–Kier alpha value is -4.17. The van der Waals surface area contributed by atoms with Gasteiger partial charge in [0.2, 0.25) is 17.7 Å². The van der Waals surface area contributed by atoms with Crippen LogP contribution in [0.15, 0.2) is 54.6 Å². The summed E-state index contributed by atoms with van der Waals surface area (Å²) in [6, 6.07) is 11.0.